The maximum Gasteiger partial charge on any atom is 0.323 e. The fraction of sp³-hybridized carbons (Fsp3) is 0.667. The molecule has 0 aromatic rings. The molecule has 0 atom stereocenters. The molecule has 0 aliphatic carbocycles. The van der Waals surface area contributed by atoms with Crippen LogP contribution in [0.2, 0.25) is 0 Å². The number of likely N-dealkylation sites (N-methyl/N-ethyl adjacent to an activating group) is 1. The van der Waals surface area contributed by atoms with E-state index in [2.05, 4.69) is 4.40 Å². The first-order valence-electron chi connectivity index (χ1n) is 4.06. The molecular formula is C6H13N3O5S2. The summed E-state index contributed by atoms with van der Waals surface area (Å²) in [6.45, 7) is -0.297. The Balaban J connectivity index is 4.00. The van der Waals surface area contributed by atoms with Crippen molar-refractivity contribution in [2.45, 2.75) is 0 Å². The van der Waals surface area contributed by atoms with Crippen molar-refractivity contribution in [2.75, 3.05) is 25.1 Å². The minimum absolute atomic E-state index is 0.0252. The predicted octanol–water partition coefficient (Wildman–Crippen LogP) is -1.15. The highest BCUT2D eigenvalue weighted by Crippen LogP contribution is 2.03. The summed E-state index contributed by atoms with van der Waals surface area (Å²) >= 11 is 0.833. The van der Waals surface area contributed by atoms with Crippen LogP contribution in [0.15, 0.2) is 4.40 Å². The standard InChI is InChI=1S/C6H13N3O5S2/c1-9(4-5(10)11)6(7)8-15-2-3-16(12,13)14/h2-4H2,1H3,(H2,7,8)(H,10,11)(H,12,13,14). The van der Waals surface area contributed by atoms with Gasteiger partial charge in [-0.1, -0.05) is 0 Å². The normalized spacial score (nSPS) is 12.5. The molecule has 0 aliphatic rings. The third kappa shape index (κ3) is 8.32. The first-order chi connectivity index (χ1) is 7.22. The van der Waals surface area contributed by atoms with E-state index < -0.39 is 21.8 Å². The molecule has 0 fully saturated rings. The van der Waals surface area contributed by atoms with Gasteiger partial charge in [0, 0.05) is 12.8 Å². The van der Waals surface area contributed by atoms with E-state index >= 15 is 0 Å². The molecule has 0 saturated carbocycles. The molecule has 4 N–H and O–H groups in total. The molecule has 0 spiro atoms. The molecule has 94 valence electrons. The summed E-state index contributed by atoms with van der Waals surface area (Å²) in [6.07, 6.45) is 0. The van der Waals surface area contributed by atoms with Gasteiger partial charge in [0.15, 0.2) is 0 Å². The Kier molecular flexibility index (Phi) is 6.14. The SMILES string of the molecule is CN(CC(=O)O)C(N)=NSCCS(=O)(=O)O. The number of carboxylic acids is 1. The average molecular weight is 271 g/mol. The second kappa shape index (κ2) is 6.55. The van der Waals surface area contributed by atoms with E-state index in [1.54, 1.807) is 0 Å². The van der Waals surface area contributed by atoms with Crippen molar-refractivity contribution in [1.82, 2.24) is 4.90 Å². The van der Waals surface area contributed by atoms with Gasteiger partial charge in [-0.2, -0.15) is 12.8 Å². The van der Waals surface area contributed by atoms with Crippen LogP contribution in [0.25, 0.3) is 0 Å². The van der Waals surface area contributed by atoms with Crippen LogP contribution in [0, 0.1) is 0 Å². The van der Waals surface area contributed by atoms with Crippen LogP contribution in [0.3, 0.4) is 0 Å². The lowest BCUT2D eigenvalue weighted by molar-refractivity contribution is -0.137. The number of hydrogen-bond acceptors (Lipinski definition) is 5. The smallest absolute Gasteiger partial charge is 0.323 e. The van der Waals surface area contributed by atoms with E-state index in [-0.39, 0.29) is 18.3 Å². The molecule has 8 nitrogen and oxygen atoms in total. The van der Waals surface area contributed by atoms with Crippen LogP contribution in [0.1, 0.15) is 0 Å². The van der Waals surface area contributed by atoms with Gasteiger partial charge >= 0.3 is 5.97 Å². The van der Waals surface area contributed by atoms with Gasteiger partial charge in [-0.3, -0.25) is 9.35 Å². The molecule has 0 bridgehead atoms. The Morgan fingerprint density at radius 2 is 2.12 bits per heavy atom. The number of rotatable bonds is 6. The lowest BCUT2D eigenvalue weighted by atomic mass is 10.6. The van der Waals surface area contributed by atoms with E-state index in [1.807, 2.05) is 0 Å². The number of carbonyl (C=O) groups is 1. The lowest BCUT2D eigenvalue weighted by Crippen LogP contribution is -2.37. The summed E-state index contributed by atoms with van der Waals surface area (Å²) in [6, 6.07) is 0. The number of carboxylic acid groups (broad SMARTS) is 1. The molecule has 0 heterocycles. The summed E-state index contributed by atoms with van der Waals surface area (Å²) in [5.74, 6) is -1.47. The molecule has 0 aliphatic heterocycles. The van der Waals surface area contributed by atoms with Gasteiger partial charge in [0.05, 0.1) is 5.75 Å². The first-order valence-corrected chi connectivity index (χ1v) is 6.61. The highest BCUT2D eigenvalue weighted by Gasteiger charge is 2.07. The highest BCUT2D eigenvalue weighted by atomic mass is 32.2. The second-order valence-electron chi connectivity index (χ2n) is 2.82. The number of nitrogens with two attached hydrogens (primary N) is 1. The van der Waals surface area contributed by atoms with E-state index in [9.17, 15) is 13.2 Å². The molecule has 10 heteroatoms. The van der Waals surface area contributed by atoms with Crippen LogP contribution < -0.4 is 5.73 Å². The third-order valence-electron chi connectivity index (χ3n) is 1.35. The van der Waals surface area contributed by atoms with Gasteiger partial charge in [0.1, 0.15) is 6.54 Å². The van der Waals surface area contributed by atoms with E-state index in [1.165, 1.54) is 11.9 Å². The van der Waals surface area contributed by atoms with Crippen molar-refractivity contribution in [3.05, 3.63) is 0 Å². The minimum atomic E-state index is -4.00. The molecule has 0 aromatic carbocycles. The Morgan fingerprint density at radius 1 is 1.56 bits per heavy atom. The zero-order valence-corrected chi connectivity index (χ0v) is 10.2. The summed E-state index contributed by atoms with van der Waals surface area (Å²) in [4.78, 5) is 11.5. The largest absolute Gasteiger partial charge is 0.480 e. The highest BCUT2D eigenvalue weighted by molar-refractivity contribution is 7.99. The topological polar surface area (TPSA) is 133 Å². The summed E-state index contributed by atoms with van der Waals surface area (Å²) in [5.41, 5.74) is 5.40. The number of nitrogens with zero attached hydrogens (tertiary/aromatic N) is 2. The van der Waals surface area contributed by atoms with Gasteiger partial charge in [-0.05, 0) is 11.9 Å². The zero-order valence-electron chi connectivity index (χ0n) is 8.53. The van der Waals surface area contributed by atoms with Crippen molar-refractivity contribution in [3.8, 4) is 0 Å². The molecular weight excluding hydrogens is 258 g/mol. The van der Waals surface area contributed by atoms with Crippen LogP contribution in [-0.4, -0.2) is 60.0 Å². The molecule has 0 aromatic heterocycles. The molecule has 0 amide bonds. The van der Waals surface area contributed by atoms with Gasteiger partial charge in [0.2, 0.25) is 5.96 Å². The van der Waals surface area contributed by atoms with Crippen LogP contribution >= 0.6 is 11.9 Å². The first kappa shape index (κ1) is 15.0. The van der Waals surface area contributed by atoms with Crippen molar-refractivity contribution >= 4 is 34.0 Å². The van der Waals surface area contributed by atoms with Crippen molar-refractivity contribution in [3.63, 3.8) is 0 Å². The number of guanidine groups is 1. The number of hydrogen-bond donors (Lipinski definition) is 3. The van der Waals surface area contributed by atoms with E-state index in [0.29, 0.717) is 0 Å². The fourth-order valence-electron chi connectivity index (χ4n) is 0.608. The molecule has 0 unspecified atom stereocenters. The predicted molar refractivity (Wildman–Crippen MR) is 60.8 cm³/mol. The Bertz CT molecular complexity index is 366. The fourth-order valence-corrected chi connectivity index (χ4v) is 2.11. The van der Waals surface area contributed by atoms with Crippen molar-refractivity contribution in [2.24, 2.45) is 10.1 Å². The minimum Gasteiger partial charge on any atom is -0.480 e. The maximum absolute atomic E-state index is 10.3. The Hall–Kier alpha value is -1.00. The quantitative estimate of drug-likeness (QED) is 0.181. The molecule has 0 saturated heterocycles. The number of aliphatic carboxylic acids is 1. The van der Waals surface area contributed by atoms with Gasteiger partial charge in [-0.15, -0.1) is 0 Å². The summed E-state index contributed by atoms with van der Waals surface area (Å²) in [5, 5.41) is 8.44. The van der Waals surface area contributed by atoms with Crippen LogP contribution in [-0.2, 0) is 14.9 Å². The van der Waals surface area contributed by atoms with Crippen LogP contribution in [0.5, 0.6) is 0 Å². The van der Waals surface area contributed by atoms with Crippen molar-refractivity contribution in [1.29, 1.82) is 0 Å². The maximum atomic E-state index is 10.3. The molecule has 16 heavy (non-hydrogen) atoms. The molecule has 0 radical (unpaired) electrons. The van der Waals surface area contributed by atoms with E-state index in [0.717, 1.165) is 11.9 Å². The molecule has 0 rings (SSSR count). The van der Waals surface area contributed by atoms with Crippen LogP contribution in [0.4, 0.5) is 0 Å². The van der Waals surface area contributed by atoms with Gasteiger partial charge < -0.3 is 15.7 Å². The summed E-state index contributed by atoms with van der Waals surface area (Å²) < 4.78 is 32.7. The average Bonchev–Trinajstić information content (AvgIpc) is 2.09. The van der Waals surface area contributed by atoms with Crippen molar-refractivity contribution < 1.29 is 22.9 Å². The zero-order chi connectivity index (χ0) is 12.8. The Labute approximate surface area is 97.4 Å². The van der Waals surface area contributed by atoms with Gasteiger partial charge in [0.25, 0.3) is 10.1 Å². The monoisotopic (exact) mass is 271 g/mol. The second-order valence-corrected chi connectivity index (χ2v) is 5.24. The van der Waals surface area contributed by atoms with E-state index in [4.69, 9.17) is 15.4 Å². The lowest BCUT2D eigenvalue weighted by Gasteiger charge is -2.14. The van der Waals surface area contributed by atoms with Gasteiger partial charge in [-0.25, -0.2) is 0 Å². The Morgan fingerprint density at radius 3 is 2.56 bits per heavy atom. The third-order valence-corrected chi connectivity index (χ3v) is 3.04. The summed E-state index contributed by atoms with van der Waals surface area (Å²) in [7, 11) is -2.56.